The van der Waals surface area contributed by atoms with Gasteiger partial charge in [0.15, 0.2) is 0 Å². The van der Waals surface area contributed by atoms with E-state index in [1.54, 1.807) is 6.92 Å². The third kappa shape index (κ3) is 4.98. The smallest absolute Gasteiger partial charge is 0.336 e. The summed E-state index contributed by atoms with van der Waals surface area (Å²) in [6.07, 6.45) is 0. The van der Waals surface area contributed by atoms with Crippen LogP contribution in [0.25, 0.3) is 4.85 Å². The van der Waals surface area contributed by atoms with Gasteiger partial charge in [0.05, 0.1) is 30.2 Å². The van der Waals surface area contributed by atoms with Crippen molar-refractivity contribution in [2.24, 2.45) is 10.4 Å². The fraction of sp³-hybridized carbons (Fsp3) is 0.476. The first-order chi connectivity index (χ1) is 13.1. The van der Waals surface area contributed by atoms with Gasteiger partial charge in [0.25, 0.3) is 6.04 Å². The fourth-order valence-electron chi connectivity index (χ4n) is 3.02. The van der Waals surface area contributed by atoms with E-state index in [2.05, 4.69) is 9.84 Å². The average molecular weight is 407 g/mol. The Morgan fingerprint density at radius 2 is 2.07 bits per heavy atom. The van der Waals surface area contributed by atoms with Gasteiger partial charge in [-0.05, 0) is 30.0 Å². The number of ether oxygens (including phenoxy) is 2. The zero-order valence-corrected chi connectivity index (χ0v) is 17.4. The molecule has 0 saturated heterocycles. The van der Waals surface area contributed by atoms with Gasteiger partial charge in [0.2, 0.25) is 0 Å². The molecule has 7 heteroatoms. The number of methoxy groups -OCH3 is 1. The highest BCUT2D eigenvalue weighted by atomic mass is 35.5. The summed E-state index contributed by atoms with van der Waals surface area (Å²) in [5.41, 5.74) is 1.41. The van der Waals surface area contributed by atoms with Gasteiger partial charge in [-0.1, -0.05) is 38.4 Å². The molecule has 2 atom stereocenters. The van der Waals surface area contributed by atoms with E-state index >= 15 is 0 Å². The number of carbonyl (C=O) groups is 1. The minimum atomic E-state index is -0.749. The van der Waals surface area contributed by atoms with Crippen LogP contribution in [-0.2, 0) is 14.3 Å². The van der Waals surface area contributed by atoms with E-state index in [9.17, 15) is 9.18 Å². The Kier molecular flexibility index (Phi) is 6.97. The van der Waals surface area contributed by atoms with Gasteiger partial charge in [-0.2, -0.15) is 0 Å². The predicted molar refractivity (Wildman–Crippen MR) is 107 cm³/mol. The second-order valence-electron chi connectivity index (χ2n) is 7.90. The van der Waals surface area contributed by atoms with Crippen molar-refractivity contribution in [3.63, 3.8) is 0 Å². The highest BCUT2D eigenvalue weighted by molar-refractivity contribution is 6.31. The van der Waals surface area contributed by atoms with Crippen LogP contribution in [0.15, 0.2) is 34.5 Å². The molecule has 2 rings (SSSR count). The number of benzene rings is 1. The third-order valence-corrected chi connectivity index (χ3v) is 4.58. The van der Waals surface area contributed by atoms with Crippen molar-refractivity contribution in [3.8, 4) is 0 Å². The van der Waals surface area contributed by atoms with Crippen LogP contribution in [0.3, 0.4) is 0 Å². The number of carbonyl (C=O) groups excluding carboxylic acids is 1. The molecule has 1 aliphatic rings. The second kappa shape index (κ2) is 8.85. The van der Waals surface area contributed by atoms with E-state index in [1.165, 1.54) is 25.3 Å². The first-order valence-corrected chi connectivity index (χ1v) is 9.22. The molecule has 1 aliphatic heterocycles. The average Bonchev–Trinajstić information content (AvgIpc) is 2.59. The molecular weight excluding hydrogens is 383 g/mol. The van der Waals surface area contributed by atoms with Crippen LogP contribution in [0.5, 0.6) is 0 Å². The minimum Gasteiger partial charge on any atom is -0.462 e. The first-order valence-electron chi connectivity index (χ1n) is 8.85. The van der Waals surface area contributed by atoms with Crippen LogP contribution >= 0.6 is 11.6 Å². The van der Waals surface area contributed by atoms with E-state index < -0.39 is 23.7 Å². The lowest BCUT2D eigenvalue weighted by atomic mass is 9.80. The normalized spacial score (nSPS) is 19.9. The lowest BCUT2D eigenvalue weighted by Crippen LogP contribution is -2.34. The second-order valence-corrected chi connectivity index (χ2v) is 8.31. The van der Waals surface area contributed by atoms with E-state index in [4.69, 9.17) is 27.6 Å². The predicted octanol–water partition coefficient (Wildman–Crippen LogP) is 4.81. The first kappa shape index (κ1) is 22.1. The Morgan fingerprint density at radius 3 is 2.61 bits per heavy atom. The quantitative estimate of drug-likeness (QED) is 0.520. The number of aliphatic imine (C=N–C) groups is 1. The SMILES string of the molecule is [C-]#[N+]C1C(C)=NC(COC)=C(C(=O)OCC(C)(C)C)C1c1ccc(F)cc1Cl. The molecular formula is C21H24ClFN2O3. The van der Waals surface area contributed by atoms with Gasteiger partial charge < -0.3 is 14.3 Å². The monoisotopic (exact) mass is 406 g/mol. The zero-order chi connectivity index (χ0) is 21.1. The summed E-state index contributed by atoms with van der Waals surface area (Å²) in [5.74, 6) is -1.79. The summed E-state index contributed by atoms with van der Waals surface area (Å²) < 4.78 is 24.3. The molecule has 0 spiro atoms. The molecule has 0 N–H and O–H groups in total. The number of hydrogen-bond acceptors (Lipinski definition) is 4. The Hall–Kier alpha value is -2.23. The lowest BCUT2D eigenvalue weighted by molar-refractivity contribution is -0.142. The molecule has 150 valence electrons. The number of esters is 1. The molecule has 0 aromatic heterocycles. The molecule has 1 aromatic rings. The van der Waals surface area contributed by atoms with Crippen molar-refractivity contribution >= 4 is 23.3 Å². The molecule has 1 heterocycles. The van der Waals surface area contributed by atoms with E-state index in [0.717, 1.165) is 0 Å². The van der Waals surface area contributed by atoms with Crippen molar-refractivity contribution in [1.82, 2.24) is 0 Å². The van der Waals surface area contributed by atoms with Gasteiger partial charge in [0.1, 0.15) is 11.7 Å². The highest BCUT2D eigenvalue weighted by Gasteiger charge is 2.43. The Bertz CT molecular complexity index is 865. The largest absolute Gasteiger partial charge is 0.462 e. The number of halogens is 2. The van der Waals surface area contributed by atoms with Crippen LogP contribution in [0.1, 0.15) is 39.2 Å². The molecule has 0 amide bonds. The van der Waals surface area contributed by atoms with Crippen LogP contribution < -0.4 is 0 Å². The molecule has 0 saturated carbocycles. The number of nitrogens with zero attached hydrogens (tertiary/aromatic N) is 2. The summed E-state index contributed by atoms with van der Waals surface area (Å²) in [6, 6.07) is 3.19. The van der Waals surface area contributed by atoms with Crippen molar-refractivity contribution in [3.05, 3.63) is 57.3 Å². The summed E-state index contributed by atoms with van der Waals surface area (Å²) in [5, 5.41) is 0.145. The molecule has 0 bridgehead atoms. The molecule has 0 radical (unpaired) electrons. The number of hydrogen-bond donors (Lipinski definition) is 0. The highest BCUT2D eigenvalue weighted by Crippen LogP contribution is 2.40. The van der Waals surface area contributed by atoms with Gasteiger partial charge in [0, 0.05) is 12.1 Å². The van der Waals surface area contributed by atoms with Gasteiger partial charge >= 0.3 is 5.97 Å². The summed E-state index contributed by atoms with van der Waals surface area (Å²) in [6.45, 7) is 15.5. The Morgan fingerprint density at radius 1 is 1.39 bits per heavy atom. The van der Waals surface area contributed by atoms with Crippen LogP contribution in [0.4, 0.5) is 4.39 Å². The molecule has 1 aromatic carbocycles. The maximum atomic E-state index is 13.6. The van der Waals surface area contributed by atoms with Crippen LogP contribution in [0, 0.1) is 17.8 Å². The summed E-state index contributed by atoms with van der Waals surface area (Å²) >= 11 is 6.29. The van der Waals surface area contributed by atoms with Crippen molar-refractivity contribution in [2.45, 2.75) is 39.7 Å². The summed E-state index contributed by atoms with van der Waals surface area (Å²) in [7, 11) is 1.50. The third-order valence-electron chi connectivity index (χ3n) is 4.25. The van der Waals surface area contributed by atoms with Gasteiger partial charge in [-0.25, -0.2) is 15.8 Å². The number of rotatable bonds is 5. The zero-order valence-electron chi connectivity index (χ0n) is 16.7. The van der Waals surface area contributed by atoms with Crippen LogP contribution in [0.2, 0.25) is 5.02 Å². The van der Waals surface area contributed by atoms with Gasteiger partial charge in [-0.15, -0.1) is 0 Å². The molecule has 0 fully saturated rings. The lowest BCUT2D eigenvalue weighted by Gasteiger charge is -2.28. The molecule has 5 nitrogen and oxygen atoms in total. The van der Waals surface area contributed by atoms with Crippen molar-refractivity contribution in [1.29, 1.82) is 0 Å². The van der Waals surface area contributed by atoms with E-state index in [1.807, 2.05) is 20.8 Å². The minimum absolute atomic E-state index is 0.0807. The molecule has 2 unspecified atom stereocenters. The molecule has 28 heavy (non-hydrogen) atoms. The fourth-order valence-corrected chi connectivity index (χ4v) is 3.30. The topological polar surface area (TPSA) is 52.2 Å². The summed E-state index contributed by atoms with van der Waals surface area (Å²) in [4.78, 5) is 21.1. The molecule has 0 aliphatic carbocycles. The maximum Gasteiger partial charge on any atom is 0.336 e. The van der Waals surface area contributed by atoms with Gasteiger partial charge in [-0.3, -0.25) is 4.99 Å². The van der Waals surface area contributed by atoms with Crippen molar-refractivity contribution in [2.75, 3.05) is 20.3 Å². The maximum absolute atomic E-state index is 13.6. The van der Waals surface area contributed by atoms with E-state index in [0.29, 0.717) is 17.0 Å². The Balaban J connectivity index is 2.63. The van der Waals surface area contributed by atoms with Crippen molar-refractivity contribution < 1.29 is 18.7 Å². The van der Waals surface area contributed by atoms with E-state index in [-0.39, 0.29) is 29.2 Å². The standard InChI is InChI=1S/C21H24ClFN2O3/c1-12-19(24-5)17(14-8-7-13(23)9-15(14)22)18(16(25-12)10-27-6)20(26)28-11-21(2,3)4/h7-9,17,19H,10-11H2,1-4,6H3. The Labute approximate surface area is 170 Å². The van der Waals surface area contributed by atoms with Crippen LogP contribution in [-0.4, -0.2) is 38.0 Å².